The molecule has 1 unspecified atom stereocenters. The molecule has 0 fully saturated rings. The Morgan fingerprint density at radius 2 is 2.06 bits per heavy atom. The minimum atomic E-state index is -0.385. The lowest BCUT2D eigenvalue weighted by Crippen LogP contribution is -2.36. The van der Waals surface area contributed by atoms with Gasteiger partial charge in [-0.25, -0.2) is 4.79 Å². The predicted octanol–water partition coefficient (Wildman–Crippen LogP) is 1.01. The first-order valence-corrected chi connectivity index (χ1v) is 5.51. The van der Waals surface area contributed by atoms with Crippen molar-refractivity contribution in [3.8, 4) is 0 Å². The molecule has 2 aromatic rings. The fourth-order valence-corrected chi connectivity index (χ4v) is 1.79. The summed E-state index contributed by atoms with van der Waals surface area (Å²) in [5.41, 5.74) is -0.0783. The van der Waals surface area contributed by atoms with Crippen molar-refractivity contribution in [1.29, 1.82) is 0 Å². The molecule has 16 heavy (non-hydrogen) atoms. The zero-order valence-electron chi connectivity index (χ0n) is 8.80. The number of fused-ring (bicyclic) bond motifs is 1. The first-order valence-electron chi connectivity index (χ1n) is 4.99. The molecule has 1 atom stereocenters. The van der Waals surface area contributed by atoms with Gasteiger partial charge in [-0.3, -0.25) is 9.36 Å². The second kappa shape index (κ2) is 4.17. The summed E-state index contributed by atoms with van der Waals surface area (Å²) in [7, 11) is 0. The summed E-state index contributed by atoms with van der Waals surface area (Å²) in [6, 6.07) is 6.97. The molecule has 1 aromatic carbocycles. The monoisotopic (exact) mass is 236 g/mol. The number of rotatable bonds is 2. The van der Waals surface area contributed by atoms with Crippen LogP contribution in [0.5, 0.6) is 0 Å². The Labute approximate surface area is 97.3 Å². The SMILES string of the molecule is CC(S)Cn1c(=O)[nH]c2ccccc2c1=O. The quantitative estimate of drug-likeness (QED) is 0.765. The molecule has 0 spiro atoms. The van der Waals surface area contributed by atoms with Gasteiger partial charge in [-0.05, 0) is 12.1 Å². The van der Waals surface area contributed by atoms with E-state index in [0.717, 1.165) is 0 Å². The van der Waals surface area contributed by atoms with Crippen molar-refractivity contribution in [2.24, 2.45) is 0 Å². The smallest absolute Gasteiger partial charge is 0.307 e. The Hall–Kier alpha value is -1.49. The summed E-state index contributed by atoms with van der Waals surface area (Å²) >= 11 is 4.19. The third kappa shape index (κ3) is 1.90. The van der Waals surface area contributed by atoms with Gasteiger partial charge in [-0.2, -0.15) is 12.6 Å². The van der Waals surface area contributed by atoms with Crippen LogP contribution in [-0.2, 0) is 6.54 Å². The number of aromatic amines is 1. The molecule has 0 aliphatic heterocycles. The number of nitrogens with one attached hydrogen (secondary N) is 1. The van der Waals surface area contributed by atoms with Gasteiger partial charge < -0.3 is 4.98 Å². The maximum absolute atomic E-state index is 12.0. The van der Waals surface area contributed by atoms with E-state index in [1.54, 1.807) is 24.3 Å². The van der Waals surface area contributed by atoms with E-state index in [1.807, 2.05) is 6.92 Å². The molecule has 2 rings (SSSR count). The van der Waals surface area contributed by atoms with Crippen molar-refractivity contribution in [1.82, 2.24) is 9.55 Å². The fourth-order valence-electron chi connectivity index (χ4n) is 1.63. The largest absolute Gasteiger partial charge is 0.328 e. The van der Waals surface area contributed by atoms with Crippen LogP contribution in [0.4, 0.5) is 0 Å². The van der Waals surface area contributed by atoms with Crippen LogP contribution in [0.25, 0.3) is 10.9 Å². The molecule has 0 bridgehead atoms. The van der Waals surface area contributed by atoms with Crippen LogP contribution in [0.3, 0.4) is 0 Å². The molecule has 0 saturated heterocycles. The Balaban J connectivity index is 2.76. The van der Waals surface area contributed by atoms with Gasteiger partial charge in [0.25, 0.3) is 5.56 Å². The Kier molecular flexibility index (Phi) is 2.87. The van der Waals surface area contributed by atoms with Crippen LogP contribution in [0, 0.1) is 0 Å². The minimum Gasteiger partial charge on any atom is -0.307 e. The number of H-pyrrole nitrogens is 1. The molecule has 4 nitrogen and oxygen atoms in total. The molecule has 84 valence electrons. The van der Waals surface area contributed by atoms with Crippen LogP contribution in [0.2, 0.25) is 0 Å². The number of para-hydroxylation sites is 1. The van der Waals surface area contributed by atoms with E-state index in [9.17, 15) is 9.59 Å². The Morgan fingerprint density at radius 1 is 1.38 bits per heavy atom. The van der Waals surface area contributed by atoms with Crippen molar-refractivity contribution in [3.05, 3.63) is 45.1 Å². The molecular weight excluding hydrogens is 224 g/mol. The lowest BCUT2D eigenvalue weighted by molar-refractivity contribution is 0.635. The lowest BCUT2D eigenvalue weighted by Gasteiger charge is -2.07. The average Bonchev–Trinajstić information content (AvgIpc) is 2.24. The summed E-state index contributed by atoms with van der Waals surface area (Å²) in [4.78, 5) is 26.3. The van der Waals surface area contributed by atoms with Gasteiger partial charge in [-0.15, -0.1) is 0 Å². The van der Waals surface area contributed by atoms with Crippen molar-refractivity contribution >= 4 is 23.5 Å². The first kappa shape index (κ1) is 11.0. The summed E-state index contributed by atoms with van der Waals surface area (Å²) in [6.07, 6.45) is 0. The van der Waals surface area contributed by atoms with E-state index < -0.39 is 0 Å². The number of thiol groups is 1. The van der Waals surface area contributed by atoms with Crippen LogP contribution < -0.4 is 11.2 Å². The van der Waals surface area contributed by atoms with Gasteiger partial charge in [0.05, 0.1) is 10.9 Å². The molecule has 0 aliphatic carbocycles. The molecule has 1 heterocycles. The molecule has 0 amide bonds. The highest BCUT2D eigenvalue weighted by molar-refractivity contribution is 7.80. The van der Waals surface area contributed by atoms with Gasteiger partial charge in [0.2, 0.25) is 0 Å². The molecule has 0 radical (unpaired) electrons. The molecular formula is C11H12N2O2S. The standard InChI is InChI=1S/C11H12N2O2S/c1-7(16)6-13-10(14)8-4-2-3-5-9(8)12-11(13)15/h2-5,7,16H,6H2,1H3,(H,12,15). The number of hydrogen-bond donors (Lipinski definition) is 2. The lowest BCUT2D eigenvalue weighted by atomic mass is 10.2. The van der Waals surface area contributed by atoms with Crippen molar-refractivity contribution in [2.45, 2.75) is 18.7 Å². The second-order valence-electron chi connectivity index (χ2n) is 3.74. The van der Waals surface area contributed by atoms with Crippen molar-refractivity contribution in [2.75, 3.05) is 0 Å². The highest BCUT2D eigenvalue weighted by atomic mass is 32.1. The zero-order chi connectivity index (χ0) is 11.7. The number of benzene rings is 1. The van der Waals surface area contributed by atoms with Crippen molar-refractivity contribution < 1.29 is 0 Å². The molecule has 0 aliphatic rings. The van der Waals surface area contributed by atoms with Crippen LogP contribution in [0.1, 0.15) is 6.92 Å². The second-order valence-corrected chi connectivity index (χ2v) is 4.62. The maximum Gasteiger partial charge on any atom is 0.328 e. The summed E-state index contributed by atoms with van der Waals surface area (Å²) in [5, 5.41) is 0.482. The highest BCUT2D eigenvalue weighted by Gasteiger charge is 2.08. The highest BCUT2D eigenvalue weighted by Crippen LogP contribution is 2.03. The van der Waals surface area contributed by atoms with E-state index in [1.165, 1.54) is 4.57 Å². The third-order valence-electron chi connectivity index (χ3n) is 2.34. The zero-order valence-corrected chi connectivity index (χ0v) is 9.70. The number of nitrogens with zero attached hydrogens (tertiary/aromatic N) is 1. The van der Waals surface area contributed by atoms with Crippen LogP contribution >= 0.6 is 12.6 Å². The predicted molar refractivity (Wildman–Crippen MR) is 67.3 cm³/mol. The van der Waals surface area contributed by atoms with E-state index in [4.69, 9.17) is 0 Å². The van der Waals surface area contributed by atoms with E-state index in [0.29, 0.717) is 17.4 Å². The number of aromatic nitrogens is 2. The van der Waals surface area contributed by atoms with Gasteiger partial charge in [0, 0.05) is 11.8 Å². The van der Waals surface area contributed by atoms with Gasteiger partial charge in [-0.1, -0.05) is 19.1 Å². The van der Waals surface area contributed by atoms with Gasteiger partial charge >= 0.3 is 5.69 Å². The summed E-state index contributed by atoms with van der Waals surface area (Å²) in [6.45, 7) is 2.15. The average molecular weight is 236 g/mol. The number of hydrogen-bond acceptors (Lipinski definition) is 3. The minimum absolute atomic E-state index is 0.0417. The fraction of sp³-hybridized carbons (Fsp3) is 0.273. The maximum atomic E-state index is 12.0. The molecule has 1 N–H and O–H groups in total. The Bertz CT molecular complexity index is 628. The molecule has 1 aromatic heterocycles. The first-order chi connectivity index (χ1) is 7.59. The van der Waals surface area contributed by atoms with Crippen LogP contribution in [-0.4, -0.2) is 14.8 Å². The van der Waals surface area contributed by atoms with Gasteiger partial charge in [0.15, 0.2) is 0 Å². The van der Waals surface area contributed by atoms with Gasteiger partial charge in [0.1, 0.15) is 0 Å². The molecule has 0 saturated carbocycles. The normalized spacial score (nSPS) is 12.9. The summed E-state index contributed by atoms with van der Waals surface area (Å²) < 4.78 is 1.18. The topological polar surface area (TPSA) is 54.9 Å². The summed E-state index contributed by atoms with van der Waals surface area (Å²) in [5.74, 6) is 0. The van der Waals surface area contributed by atoms with E-state index in [2.05, 4.69) is 17.6 Å². The van der Waals surface area contributed by atoms with Crippen LogP contribution in [0.15, 0.2) is 33.9 Å². The van der Waals surface area contributed by atoms with E-state index >= 15 is 0 Å². The Morgan fingerprint density at radius 3 is 2.75 bits per heavy atom. The van der Waals surface area contributed by atoms with E-state index in [-0.39, 0.29) is 16.5 Å². The third-order valence-corrected chi connectivity index (χ3v) is 2.50. The molecule has 5 heteroatoms. The van der Waals surface area contributed by atoms with Crippen molar-refractivity contribution in [3.63, 3.8) is 0 Å².